The second-order valence-corrected chi connectivity index (χ2v) is 6.30. The van der Waals surface area contributed by atoms with E-state index < -0.39 is 6.10 Å². The third-order valence-electron chi connectivity index (χ3n) is 3.83. The topological polar surface area (TPSA) is 38.0 Å². The Balaban J connectivity index is 1.87. The van der Waals surface area contributed by atoms with Gasteiger partial charge < -0.3 is 5.11 Å². The summed E-state index contributed by atoms with van der Waals surface area (Å²) in [4.78, 5) is 0. The van der Waals surface area contributed by atoms with Crippen LogP contribution in [0.25, 0.3) is 0 Å². The number of hydrogen-bond donors (Lipinski definition) is 1. The van der Waals surface area contributed by atoms with Crippen LogP contribution in [0, 0.1) is 0 Å². The predicted octanol–water partition coefficient (Wildman–Crippen LogP) is 4.01. The standard InChI is InChI=1S/C16H19BrN2O/c1-2-9-19-15(14(17)10-18-19)16(20)13-7-5-12(6-8-13)11-3-4-11/h5-8,10-11,16,20H,2-4,9H2,1H3. The molecule has 3 rings (SSSR count). The highest BCUT2D eigenvalue weighted by Crippen LogP contribution is 2.40. The van der Waals surface area contributed by atoms with Gasteiger partial charge in [-0.3, -0.25) is 4.68 Å². The van der Waals surface area contributed by atoms with Gasteiger partial charge in [0.25, 0.3) is 0 Å². The van der Waals surface area contributed by atoms with Crippen molar-refractivity contribution in [1.82, 2.24) is 9.78 Å². The monoisotopic (exact) mass is 334 g/mol. The second kappa shape index (κ2) is 5.70. The summed E-state index contributed by atoms with van der Waals surface area (Å²) < 4.78 is 2.74. The summed E-state index contributed by atoms with van der Waals surface area (Å²) >= 11 is 3.49. The van der Waals surface area contributed by atoms with Crippen LogP contribution in [0.4, 0.5) is 0 Å². The Morgan fingerprint density at radius 1 is 1.35 bits per heavy atom. The van der Waals surface area contributed by atoms with Gasteiger partial charge in [-0.2, -0.15) is 5.10 Å². The summed E-state index contributed by atoms with van der Waals surface area (Å²) in [6.07, 6.45) is 4.72. The summed E-state index contributed by atoms with van der Waals surface area (Å²) in [5.74, 6) is 0.749. The molecular weight excluding hydrogens is 316 g/mol. The third kappa shape index (κ3) is 2.67. The number of benzene rings is 1. The van der Waals surface area contributed by atoms with Crippen LogP contribution in [0.15, 0.2) is 34.9 Å². The van der Waals surface area contributed by atoms with Crippen molar-refractivity contribution in [3.05, 3.63) is 51.8 Å². The maximum Gasteiger partial charge on any atom is 0.122 e. The maximum atomic E-state index is 10.6. The summed E-state index contributed by atoms with van der Waals surface area (Å²) in [7, 11) is 0. The fraction of sp³-hybridized carbons (Fsp3) is 0.438. The summed E-state index contributed by atoms with van der Waals surface area (Å²) in [5.41, 5.74) is 3.15. The van der Waals surface area contributed by atoms with Gasteiger partial charge in [-0.1, -0.05) is 31.2 Å². The number of rotatable bonds is 5. The van der Waals surface area contributed by atoms with Gasteiger partial charge in [0.15, 0.2) is 0 Å². The molecule has 0 spiro atoms. The van der Waals surface area contributed by atoms with Crippen molar-refractivity contribution >= 4 is 15.9 Å². The van der Waals surface area contributed by atoms with E-state index >= 15 is 0 Å². The van der Waals surface area contributed by atoms with Crippen LogP contribution in [0.5, 0.6) is 0 Å². The van der Waals surface area contributed by atoms with E-state index in [1.165, 1.54) is 18.4 Å². The molecule has 1 N–H and O–H groups in total. The van der Waals surface area contributed by atoms with Crippen molar-refractivity contribution in [3.63, 3.8) is 0 Å². The fourth-order valence-electron chi connectivity index (χ4n) is 2.56. The van der Waals surface area contributed by atoms with Crippen LogP contribution in [0.1, 0.15) is 55.0 Å². The zero-order valence-corrected chi connectivity index (χ0v) is 13.2. The smallest absolute Gasteiger partial charge is 0.122 e. The molecule has 1 fully saturated rings. The molecule has 1 atom stereocenters. The Kier molecular flexibility index (Phi) is 3.94. The van der Waals surface area contributed by atoms with Crippen LogP contribution >= 0.6 is 15.9 Å². The molecule has 1 unspecified atom stereocenters. The minimum atomic E-state index is -0.633. The van der Waals surface area contributed by atoms with Gasteiger partial charge in [0.1, 0.15) is 6.10 Å². The van der Waals surface area contributed by atoms with Crippen LogP contribution in [0.2, 0.25) is 0 Å². The molecule has 3 nitrogen and oxygen atoms in total. The quantitative estimate of drug-likeness (QED) is 0.896. The number of nitrogens with zero attached hydrogens (tertiary/aromatic N) is 2. The number of aliphatic hydroxyl groups excluding tert-OH is 1. The van der Waals surface area contributed by atoms with Crippen molar-refractivity contribution in [2.45, 2.75) is 44.8 Å². The lowest BCUT2D eigenvalue weighted by molar-refractivity contribution is 0.206. The van der Waals surface area contributed by atoms with E-state index in [9.17, 15) is 5.11 Å². The molecule has 1 saturated carbocycles. The highest BCUT2D eigenvalue weighted by molar-refractivity contribution is 9.10. The fourth-order valence-corrected chi connectivity index (χ4v) is 3.07. The number of halogens is 1. The van der Waals surface area contributed by atoms with Gasteiger partial charge in [0.05, 0.1) is 16.4 Å². The minimum Gasteiger partial charge on any atom is -0.382 e. The first-order valence-electron chi connectivity index (χ1n) is 7.19. The molecule has 106 valence electrons. The lowest BCUT2D eigenvalue weighted by Gasteiger charge is -2.15. The van der Waals surface area contributed by atoms with Gasteiger partial charge >= 0.3 is 0 Å². The molecule has 1 aliphatic carbocycles. The molecular formula is C16H19BrN2O. The molecule has 2 aromatic rings. The van der Waals surface area contributed by atoms with Crippen LogP contribution in [-0.2, 0) is 6.54 Å². The second-order valence-electron chi connectivity index (χ2n) is 5.44. The normalized spacial score (nSPS) is 16.4. The number of aryl methyl sites for hydroxylation is 1. The molecule has 1 aromatic carbocycles. The van der Waals surface area contributed by atoms with Gasteiger partial charge in [0.2, 0.25) is 0 Å². The third-order valence-corrected chi connectivity index (χ3v) is 4.44. The molecule has 4 heteroatoms. The molecule has 0 saturated heterocycles. The number of hydrogen-bond acceptors (Lipinski definition) is 2. The lowest BCUT2D eigenvalue weighted by Crippen LogP contribution is -2.10. The molecule has 20 heavy (non-hydrogen) atoms. The van der Waals surface area contributed by atoms with E-state index in [-0.39, 0.29) is 0 Å². The zero-order chi connectivity index (χ0) is 14.1. The van der Waals surface area contributed by atoms with E-state index in [0.29, 0.717) is 0 Å². The Bertz CT molecular complexity index is 587. The van der Waals surface area contributed by atoms with Crippen LogP contribution in [-0.4, -0.2) is 14.9 Å². The van der Waals surface area contributed by atoms with Crippen molar-refractivity contribution in [2.75, 3.05) is 0 Å². The molecule has 1 aliphatic rings. The number of aromatic nitrogens is 2. The van der Waals surface area contributed by atoms with Gasteiger partial charge in [0, 0.05) is 6.54 Å². The first-order chi connectivity index (χ1) is 9.70. The number of aliphatic hydroxyl groups is 1. The predicted molar refractivity (Wildman–Crippen MR) is 82.7 cm³/mol. The van der Waals surface area contributed by atoms with Crippen LogP contribution < -0.4 is 0 Å². The highest BCUT2D eigenvalue weighted by atomic mass is 79.9. The van der Waals surface area contributed by atoms with Gasteiger partial charge in [-0.25, -0.2) is 0 Å². The lowest BCUT2D eigenvalue weighted by atomic mass is 10.0. The Morgan fingerprint density at radius 3 is 2.65 bits per heavy atom. The first kappa shape index (κ1) is 13.8. The largest absolute Gasteiger partial charge is 0.382 e. The summed E-state index contributed by atoms with van der Waals surface area (Å²) in [6.45, 7) is 2.92. The average Bonchev–Trinajstić information content (AvgIpc) is 3.24. The van der Waals surface area contributed by atoms with Crippen molar-refractivity contribution in [2.24, 2.45) is 0 Å². The van der Waals surface area contributed by atoms with E-state index in [1.807, 2.05) is 16.8 Å². The van der Waals surface area contributed by atoms with E-state index in [2.05, 4.69) is 40.1 Å². The van der Waals surface area contributed by atoms with Gasteiger partial charge in [-0.05, 0) is 52.2 Å². The minimum absolute atomic E-state index is 0.633. The molecule has 0 aliphatic heterocycles. The highest BCUT2D eigenvalue weighted by Gasteiger charge is 2.24. The SMILES string of the molecule is CCCn1ncc(Br)c1C(O)c1ccc(C2CC2)cc1. The average molecular weight is 335 g/mol. The molecule has 0 amide bonds. The van der Waals surface area contributed by atoms with Crippen LogP contribution in [0.3, 0.4) is 0 Å². The Hall–Kier alpha value is -1.13. The van der Waals surface area contributed by atoms with Gasteiger partial charge in [-0.15, -0.1) is 0 Å². The first-order valence-corrected chi connectivity index (χ1v) is 7.99. The Morgan fingerprint density at radius 2 is 2.05 bits per heavy atom. The summed E-state index contributed by atoms with van der Waals surface area (Å²) in [5, 5.41) is 14.9. The molecule has 1 heterocycles. The van der Waals surface area contributed by atoms with Crippen molar-refractivity contribution in [3.8, 4) is 0 Å². The zero-order valence-electron chi connectivity index (χ0n) is 11.6. The van der Waals surface area contributed by atoms with E-state index in [4.69, 9.17) is 0 Å². The van der Waals surface area contributed by atoms with Crippen molar-refractivity contribution < 1.29 is 5.11 Å². The molecule has 0 bridgehead atoms. The molecule has 1 aromatic heterocycles. The summed E-state index contributed by atoms with van der Waals surface area (Å²) in [6, 6.07) is 8.36. The Labute approximate surface area is 127 Å². The van der Waals surface area contributed by atoms with Crippen molar-refractivity contribution in [1.29, 1.82) is 0 Å². The molecule has 0 radical (unpaired) electrons. The van der Waals surface area contributed by atoms with E-state index in [1.54, 1.807) is 6.20 Å². The van der Waals surface area contributed by atoms with E-state index in [0.717, 1.165) is 34.6 Å². The maximum absolute atomic E-state index is 10.6.